The van der Waals surface area contributed by atoms with Gasteiger partial charge in [-0.05, 0) is 42.0 Å². The Kier molecular flexibility index (Phi) is 3.78. The lowest BCUT2D eigenvalue weighted by molar-refractivity contribution is 0.626. The molecule has 2 aromatic carbocycles. The monoisotopic (exact) mass is 315 g/mol. The van der Waals surface area contributed by atoms with E-state index in [1.54, 1.807) is 11.3 Å². The lowest BCUT2D eigenvalue weighted by Crippen LogP contribution is -1.89. The molecule has 0 radical (unpaired) electrons. The van der Waals surface area contributed by atoms with Gasteiger partial charge in [-0.3, -0.25) is 0 Å². The molecule has 0 saturated carbocycles. The van der Waals surface area contributed by atoms with E-state index in [2.05, 4.69) is 11.1 Å². The van der Waals surface area contributed by atoms with Gasteiger partial charge in [-0.1, -0.05) is 11.8 Å². The van der Waals surface area contributed by atoms with Crippen LogP contribution in [0.15, 0.2) is 40.7 Å². The van der Waals surface area contributed by atoms with Gasteiger partial charge in [0.15, 0.2) is 4.34 Å². The predicted molar refractivity (Wildman–Crippen MR) is 84.7 cm³/mol. The minimum Gasteiger partial charge on any atom is -0.399 e. The summed E-state index contributed by atoms with van der Waals surface area (Å²) in [4.78, 5) is 4.50. The third-order valence-electron chi connectivity index (χ3n) is 2.93. The molecule has 0 saturated heterocycles. The summed E-state index contributed by atoms with van der Waals surface area (Å²) in [6.45, 7) is 0. The van der Waals surface area contributed by atoms with Crippen molar-refractivity contribution in [2.45, 2.75) is 10.1 Å². The van der Waals surface area contributed by atoms with E-state index < -0.39 is 0 Å². The van der Waals surface area contributed by atoms with Crippen LogP contribution in [-0.2, 0) is 5.75 Å². The maximum absolute atomic E-state index is 13.3. The lowest BCUT2D eigenvalue weighted by Gasteiger charge is -2.02. The summed E-state index contributed by atoms with van der Waals surface area (Å²) in [5, 5.41) is 9.04. The number of nitrogens with zero attached hydrogens (tertiary/aromatic N) is 2. The third kappa shape index (κ3) is 2.99. The number of nitriles is 1. The van der Waals surface area contributed by atoms with Crippen LogP contribution in [0.3, 0.4) is 0 Å². The van der Waals surface area contributed by atoms with Gasteiger partial charge in [0.05, 0.1) is 21.8 Å². The molecule has 0 aliphatic rings. The predicted octanol–water partition coefficient (Wildman–Crippen LogP) is 4.18. The second-order valence-corrected chi connectivity index (χ2v) is 6.66. The van der Waals surface area contributed by atoms with Crippen LogP contribution in [-0.4, -0.2) is 4.98 Å². The van der Waals surface area contributed by atoms with Gasteiger partial charge in [0, 0.05) is 11.4 Å². The molecule has 0 aliphatic carbocycles. The maximum atomic E-state index is 13.3. The molecule has 0 fully saturated rings. The molecule has 1 heterocycles. The van der Waals surface area contributed by atoms with E-state index in [0.717, 1.165) is 14.6 Å². The number of benzene rings is 2. The molecule has 6 heteroatoms. The van der Waals surface area contributed by atoms with Gasteiger partial charge in [-0.15, -0.1) is 11.3 Å². The molecule has 0 aliphatic heterocycles. The second kappa shape index (κ2) is 5.72. The number of rotatable bonds is 3. The first-order valence-corrected chi connectivity index (χ1v) is 7.93. The van der Waals surface area contributed by atoms with Crippen molar-refractivity contribution in [3.8, 4) is 6.07 Å². The summed E-state index contributed by atoms with van der Waals surface area (Å²) >= 11 is 3.04. The molecule has 0 amide bonds. The molecule has 3 nitrogen and oxygen atoms in total. The number of nitrogen functional groups attached to an aromatic ring is 1. The minimum absolute atomic E-state index is 0.332. The zero-order valence-electron chi connectivity index (χ0n) is 10.8. The maximum Gasteiger partial charge on any atom is 0.151 e. The van der Waals surface area contributed by atoms with Crippen molar-refractivity contribution in [1.29, 1.82) is 5.26 Å². The second-order valence-electron chi connectivity index (χ2n) is 4.41. The highest BCUT2D eigenvalue weighted by Gasteiger charge is 2.08. The van der Waals surface area contributed by atoms with Gasteiger partial charge in [-0.2, -0.15) is 5.26 Å². The van der Waals surface area contributed by atoms with Gasteiger partial charge in [0.25, 0.3) is 0 Å². The lowest BCUT2D eigenvalue weighted by atomic mass is 10.1. The van der Waals surface area contributed by atoms with E-state index in [9.17, 15) is 4.39 Å². The Labute approximate surface area is 129 Å². The summed E-state index contributed by atoms with van der Waals surface area (Å²) in [7, 11) is 0. The molecule has 0 unspecified atom stereocenters. The van der Waals surface area contributed by atoms with Crippen molar-refractivity contribution in [3.05, 3.63) is 53.3 Å². The first kappa shape index (κ1) is 13.9. The van der Waals surface area contributed by atoms with E-state index in [4.69, 9.17) is 11.0 Å². The largest absolute Gasteiger partial charge is 0.399 e. The van der Waals surface area contributed by atoms with Gasteiger partial charge in [-0.25, -0.2) is 9.37 Å². The molecule has 3 aromatic rings. The molecule has 2 N–H and O–H groups in total. The van der Waals surface area contributed by atoms with Crippen molar-refractivity contribution in [3.63, 3.8) is 0 Å². The Bertz CT molecular complexity index is 852. The average Bonchev–Trinajstić information content (AvgIpc) is 2.87. The van der Waals surface area contributed by atoms with E-state index in [1.807, 2.05) is 18.2 Å². The number of thioether (sulfide) groups is 1. The quantitative estimate of drug-likeness (QED) is 0.581. The van der Waals surface area contributed by atoms with Gasteiger partial charge >= 0.3 is 0 Å². The molecule has 21 heavy (non-hydrogen) atoms. The fraction of sp³-hybridized carbons (Fsp3) is 0.0667. The first-order valence-electron chi connectivity index (χ1n) is 6.13. The average molecular weight is 315 g/mol. The van der Waals surface area contributed by atoms with Crippen LogP contribution in [0.1, 0.15) is 11.1 Å². The first-order chi connectivity index (χ1) is 10.2. The van der Waals surface area contributed by atoms with Crippen LogP contribution in [0.25, 0.3) is 10.2 Å². The minimum atomic E-state index is -0.332. The molecule has 0 bridgehead atoms. The van der Waals surface area contributed by atoms with Crippen molar-refractivity contribution in [1.82, 2.24) is 4.98 Å². The summed E-state index contributed by atoms with van der Waals surface area (Å²) in [5.41, 5.74) is 8.53. The number of fused-ring (bicyclic) bond motifs is 1. The molecule has 0 atom stereocenters. The number of aromatic nitrogens is 1. The molecule has 104 valence electrons. The van der Waals surface area contributed by atoms with Crippen LogP contribution >= 0.6 is 23.1 Å². The Hall–Kier alpha value is -2.10. The highest BCUT2D eigenvalue weighted by molar-refractivity contribution is 8.00. The number of halogens is 1. The number of hydrogen-bond acceptors (Lipinski definition) is 5. The Balaban J connectivity index is 1.83. The number of nitrogens with two attached hydrogens (primary N) is 1. The van der Waals surface area contributed by atoms with E-state index >= 15 is 0 Å². The number of thiazole rings is 1. The van der Waals surface area contributed by atoms with Crippen LogP contribution in [0.4, 0.5) is 10.1 Å². The highest BCUT2D eigenvalue weighted by atomic mass is 32.2. The third-order valence-corrected chi connectivity index (χ3v) is 5.14. The molecule has 1 aromatic heterocycles. The molecular formula is C15H10FN3S2. The normalized spacial score (nSPS) is 10.7. The smallest absolute Gasteiger partial charge is 0.151 e. The molecular weight excluding hydrogens is 305 g/mol. The van der Waals surface area contributed by atoms with Crippen molar-refractivity contribution >= 4 is 39.0 Å². The summed E-state index contributed by atoms with van der Waals surface area (Å²) < 4.78 is 15.2. The van der Waals surface area contributed by atoms with E-state index in [0.29, 0.717) is 22.6 Å². The van der Waals surface area contributed by atoms with E-state index in [-0.39, 0.29) is 5.82 Å². The van der Waals surface area contributed by atoms with Crippen molar-refractivity contribution < 1.29 is 4.39 Å². The zero-order valence-corrected chi connectivity index (χ0v) is 12.5. The van der Waals surface area contributed by atoms with Crippen molar-refractivity contribution in [2.75, 3.05) is 5.73 Å². The molecule has 3 rings (SSSR count). The Morgan fingerprint density at radius 1 is 1.29 bits per heavy atom. The SMILES string of the molecule is N#Cc1ccc(F)cc1CSc1nc2ccc(N)cc2s1. The van der Waals surface area contributed by atoms with Gasteiger partial charge in [0.2, 0.25) is 0 Å². The summed E-state index contributed by atoms with van der Waals surface area (Å²) in [6.07, 6.45) is 0. The highest BCUT2D eigenvalue weighted by Crippen LogP contribution is 2.33. The van der Waals surface area contributed by atoms with Crippen LogP contribution < -0.4 is 5.73 Å². The fourth-order valence-corrected chi connectivity index (χ4v) is 4.02. The molecule has 0 spiro atoms. The van der Waals surface area contributed by atoms with Gasteiger partial charge < -0.3 is 5.73 Å². The Morgan fingerprint density at radius 3 is 2.95 bits per heavy atom. The van der Waals surface area contributed by atoms with Crippen LogP contribution in [0, 0.1) is 17.1 Å². The summed E-state index contributed by atoms with van der Waals surface area (Å²) in [5.74, 6) is 0.178. The summed E-state index contributed by atoms with van der Waals surface area (Å²) in [6, 6.07) is 11.9. The number of anilines is 1. The number of hydrogen-bond donors (Lipinski definition) is 1. The van der Waals surface area contributed by atoms with E-state index in [1.165, 1.54) is 30.0 Å². The van der Waals surface area contributed by atoms with Gasteiger partial charge in [0.1, 0.15) is 5.82 Å². The van der Waals surface area contributed by atoms with Crippen molar-refractivity contribution in [2.24, 2.45) is 0 Å². The Morgan fingerprint density at radius 2 is 2.14 bits per heavy atom. The zero-order chi connectivity index (χ0) is 14.8. The standard InChI is InChI=1S/C15H10FN3S2/c16-11-2-1-9(7-17)10(5-11)8-20-15-19-13-4-3-12(18)6-14(13)21-15/h1-6H,8,18H2. The van der Waals surface area contributed by atoms with Crippen LogP contribution in [0.2, 0.25) is 0 Å². The topological polar surface area (TPSA) is 62.7 Å². The fourth-order valence-electron chi connectivity index (χ4n) is 1.91. The van der Waals surface area contributed by atoms with Crippen LogP contribution in [0.5, 0.6) is 0 Å².